The first kappa shape index (κ1) is 11.5. The van der Waals surface area contributed by atoms with Crippen molar-refractivity contribution in [1.29, 1.82) is 5.26 Å². The van der Waals surface area contributed by atoms with Crippen LogP contribution in [0, 0.1) is 30.0 Å². The van der Waals surface area contributed by atoms with Gasteiger partial charge in [-0.3, -0.25) is 0 Å². The molecule has 0 aliphatic heterocycles. The fourth-order valence-electron chi connectivity index (χ4n) is 1.35. The number of benzene rings is 1. The number of rotatable bonds is 3. The van der Waals surface area contributed by atoms with E-state index in [1.54, 1.807) is 0 Å². The summed E-state index contributed by atoms with van der Waals surface area (Å²) in [7, 11) is 0. The number of hydrogen-bond acceptors (Lipinski definition) is 2. The third kappa shape index (κ3) is 3.25. The molecule has 1 aromatic rings. The highest BCUT2D eigenvalue weighted by Crippen LogP contribution is 2.16. The van der Waals surface area contributed by atoms with Gasteiger partial charge in [-0.1, -0.05) is 13.8 Å². The molecule has 3 heteroatoms. The molecule has 0 aromatic heterocycles. The zero-order chi connectivity index (χ0) is 11.4. The van der Waals surface area contributed by atoms with E-state index in [0.29, 0.717) is 5.69 Å². The summed E-state index contributed by atoms with van der Waals surface area (Å²) in [5.41, 5.74) is 1.51. The lowest BCUT2D eigenvalue weighted by atomic mass is 10.1. The molecule has 0 saturated heterocycles. The molecular weight excluding hydrogens is 191 g/mol. The van der Waals surface area contributed by atoms with E-state index in [0.717, 1.165) is 5.56 Å². The zero-order valence-corrected chi connectivity index (χ0v) is 9.21. The van der Waals surface area contributed by atoms with Crippen LogP contribution in [0.15, 0.2) is 18.2 Å². The van der Waals surface area contributed by atoms with Crippen molar-refractivity contribution in [2.75, 3.05) is 5.32 Å². The van der Waals surface area contributed by atoms with Crippen LogP contribution < -0.4 is 5.32 Å². The van der Waals surface area contributed by atoms with Crippen molar-refractivity contribution in [3.8, 4) is 6.07 Å². The molecule has 0 fully saturated rings. The van der Waals surface area contributed by atoms with E-state index in [1.165, 1.54) is 12.1 Å². The Morgan fingerprint density at radius 1 is 1.33 bits per heavy atom. The minimum absolute atomic E-state index is 0.193. The number of nitrogens with zero attached hydrogens (tertiary/aromatic N) is 1. The highest BCUT2D eigenvalue weighted by Gasteiger charge is 2.11. The molecule has 15 heavy (non-hydrogen) atoms. The van der Waals surface area contributed by atoms with E-state index >= 15 is 0 Å². The van der Waals surface area contributed by atoms with Crippen molar-refractivity contribution in [2.45, 2.75) is 26.8 Å². The molecule has 1 aromatic carbocycles. The van der Waals surface area contributed by atoms with Crippen LogP contribution in [0.5, 0.6) is 0 Å². The molecule has 1 atom stereocenters. The summed E-state index contributed by atoms with van der Waals surface area (Å²) < 4.78 is 13.1. The molecule has 0 spiro atoms. The maximum absolute atomic E-state index is 13.1. The molecule has 0 amide bonds. The van der Waals surface area contributed by atoms with Gasteiger partial charge in [-0.25, -0.2) is 4.39 Å². The molecule has 0 saturated carbocycles. The molecule has 1 unspecified atom stereocenters. The number of anilines is 1. The van der Waals surface area contributed by atoms with Crippen molar-refractivity contribution < 1.29 is 4.39 Å². The highest BCUT2D eigenvalue weighted by atomic mass is 19.1. The Bertz CT molecular complexity index is 359. The first-order valence-electron chi connectivity index (χ1n) is 4.96. The number of nitriles is 1. The normalized spacial score (nSPS) is 12.3. The Balaban J connectivity index is 2.85. The van der Waals surface area contributed by atoms with Crippen LogP contribution in [0.25, 0.3) is 0 Å². The molecule has 1 rings (SSSR count). The van der Waals surface area contributed by atoms with E-state index in [4.69, 9.17) is 5.26 Å². The van der Waals surface area contributed by atoms with E-state index in [2.05, 4.69) is 11.4 Å². The topological polar surface area (TPSA) is 35.8 Å². The van der Waals surface area contributed by atoms with Gasteiger partial charge in [0.1, 0.15) is 11.9 Å². The van der Waals surface area contributed by atoms with Crippen LogP contribution in [0.3, 0.4) is 0 Å². The quantitative estimate of drug-likeness (QED) is 0.824. The number of nitrogens with one attached hydrogen (secondary N) is 1. The maximum atomic E-state index is 13.1. The zero-order valence-electron chi connectivity index (χ0n) is 9.21. The Morgan fingerprint density at radius 2 is 2.00 bits per heavy atom. The van der Waals surface area contributed by atoms with Gasteiger partial charge in [0.15, 0.2) is 0 Å². The summed E-state index contributed by atoms with van der Waals surface area (Å²) in [6, 6.07) is 6.56. The maximum Gasteiger partial charge on any atom is 0.125 e. The van der Waals surface area contributed by atoms with Gasteiger partial charge >= 0.3 is 0 Å². The fourth-order valence-corrected chi connectivity index (χ4v) is 1.35. The summed E-state index contributed by atoms with van der Waals surface area (Å²) in [4.78, 5) is 0. The van der Waals surface area contributed by atoms with Gasteiger partial charge in [-0.05, 0) is 36.6 Å². The molecule has 0 aliphatic carbocycles. The van der Waals surface area contributed by atoms with Crippen molar-refractivity contribution >= 4 is 5.69 Å². The Labute approximate surface area is 89.7 Å². The van der Waals surface area contributed by atoms with Gasteiger partial charge in [-0.2, -0.15) is 5.26 Å². The number of aryl methyl sites for hydroxylation is 1. The van der Waals surface area contributed by atoms with Gasteiger partial charge in [0, 0.05) is 5.69 Å². The van der Waals surface area contributed by atoms with Crippen molar-refractivity contribution in [3.63, 3.8) is 0 Å². The van der Waals surface area contributed by atoms with Gasteiger partial charge < -0.3 is 5.32 Å². The molecule has 80 valence electrons. The number of halogens is 1. The first-order valence-corrected chi connectivity index (χ1v) is 4.96. The Kier molecular flexibility index (Phi) is 3.68. The summed E-state index contributed by atoms with van der Waals surface area (Å²) in [5, 5.41) is 11.9. The van der Waals surface area contributed by atoms with E-state index in [9.17, 15) is 4.39 Å². The smallest absolute Gasteiger partial charge is 0.125 e. The lowest BCUT2D eigenvalue weighted by Gasteiger charge is -2.16. The molecular formula is C12H15FN2. The summed E-state index contributed by atoms with van der Waals surface area (Å²) in [5.74, 6) is -0.0866. The highest BCUT2D eigenvalue weighted by molar-refractivity contribution is 5.47. The molecule has 0 radical (unpaired) electrons. The van der Waals surface area contributed by atoms with E-state index in [-0.39, 0.29) is 17.8 Å². The van der Waals surface area contributed by atoms with Crippen LogP contribution in [-0.4, -0.2) is 6.04 Å². The van der Waals surface area contributed by atoms with Crippen LogP contribution >= 0.6 is 0 Å². The van der Waals surface area contributed by atoms with Gasteiger partial charge in [0.2, 0.25) is 0 Å². The largest absolute Gasteiger partial charge is 0.370 e. The second-order valence-corrected chi connectivity index (χ2v) is 4.01. The monoisotopic (exact) mass is 206 g/mol. The molecule has 0 aliphatic rings. The van der Waals surface area contributed by atoms with Crippen LogP contribution in [0.1, 0.15) is 19.4 Å². The average molecular weight is 206 g/mol. The van der Waals surface area contributed by atoms with Gasteiger partial charge in [0.05, 0.1) is 6.07 Å². The van der Waals surface area contributed by atoms with Crippen molar-refractivity contribution in [1.82, 2.24) is 0 Å². The third-order valence-corrected chi connectivity index (χ3v) is 2.17. The predicted molar refractivity (Wildman–Crippen MR) is 59.0 cm³/mol. The second kappa shape index (κ2) is 4.79. The second-order valence-electron chi connectivity index (χ2n) is 4.01. The van der Waals surface area contributed by atoms with Crippen molar-refractivity contribution in [2.24, 2.45) is 5.92 Å². The van der Waals surface area contributed by atoms with Crippen LogP contribution in [-0.2, 0) is 0 Å². The number of hydrogen-bond donors (Lipinski definition) is 1. The summed E-state index contributed by atoms with van der Waals surface area (Å²) in [6.45, 7) is 5.73. The van der Waals surface area contributed by atoms with Crippen LogP contribution in [0.4, 0.5) is 10.1 Å². The third-order valence-electron chi connectivity index (χ3n) is 2.17. The molecule has 0 bridgehead atoms. The fraction of sp³-hybridized carbons (Fsp3) is 0.417. The Hall–Kier alpha value is -1.56. The SMILES string of the molecule is Cc1cc(F)cc(NC(C#N)C(C)C)c1. The Morgan fingerprint density at radius 3 is 2.47 bits per heavy atom. The molecule has 1 N–H and O–H groups in total. The van der Waals surface area contributed by atoms with Crippen molar-refractivity contribution in [3.05, 3.63) is 29.6 Å². The van der Waals surface area contributed by atoms with E-state index < -0.39 is 0 Å². The molecule has 2 nitrogen and oxygen atoms in total. The van der Waals surface area contributed by atoms with E-state index in [1.807, 2.05) is 26.8 Å². The minimum atomic E-state index is -0.286. The summed E-state index contributed by atoms with van der Waals surface area (Å²) in [6.07, 6.45) is 0. The minimum Gasteiger partial charge on any atom is -0.370 e. The predicted octanol–water partition coefficient (Wildman–Crippen LogP) is 3.09. The van der Waals surface area contributed by atoms with Gasteiger partial charge in [0.25, 0.3) is 0 Å². The average Bonchev–Trinajstić information content (AvgIpc) is 2.12. The lowest BCUT2D eigenvalue weighted by molar-refractivity contribution is 0.605. The first-order chi connectivity index (χ1) is 7.02. The molecule has 0 heterocycles. The van der Waals surface area contributed by atoms with Gasteiger partial charge in [-0.15, -0.1) is 0 Å². The standard InChI is InChI=1S/C12H15FN2/c1-8(2)12(7-14)15-11-5-9(3)4-10(13)6-11/h4-6,8,12,15H,1-3H3. The summed E-state index contributed by atoms with van der Waals surface area (Å²) >= 11 is 0. The lowest BCUT2D eigenvalue weighted by Crippen LogP contribution is -2.23. The van der Waals surface area contributed by atoms with Crippen LogP contribution in [0.2, 0.25) is 0 Å².